The zero-order valence-corrected chi connectivity index (χ0v) is 34.7. The average Bonchev–Trinajstić information content (AvgIpc) is 3.38. The van der Waals surface area contributed by atoms with Gasteiger partial charge in [-0.2, -0.15) is 0 Å². The van der Waals surface area contributed by atoms with Crippen LogP contribution in [0.5, 0.6) is 0 Å². The van der Waals surface area contributed by atoms with Gasteiger partial charge in [0.05, 0.1) is 33.5 Å². The molecule has 8 aromatic carbocycles. The van der Waals surface area contributed by atoms with Crippen molar-refractivity contribution in [2.45, 2.75) is 0 Å². The molecule has 0 saturated carbocycles. The molecule has 4 nitrogen and oxygen atoms in total. The van der Waals surface area contributed by atoms with Crippen LogP contribution in [0.15, 0.2) is 231 Å². The maximum absolute atomic E-state index is 5.31. The quantitative estimate of drug-likeness (QED) is 0.150. The number of hydrogen-bond acceptors (Lipinski definition) is 4. The Balaban J connectivity index is 1.14. The topological polar surface area (TPSA) is 51.6 Å². The summed E-state index contributed by atoms with van der Waals surface area (Å²) in [4.78, 5) is 20.4. The lowest BCUT2D eigenvalue weighted by Crippen LogP contribution is -1.94. The van der Waals surface area contributed by atoms with Crippen LogP contribution in [0.4, 0.5) is 0 Å². The van der Waals surface area contributed by atoms with Gasteiger partial charge in [0.1, 0.15) is 0 Å². The Labute approximate surface area is 370 Å². The lowest BCUT2D eigenvalue weighted by molar-refractivity contribution is 1.37. The summed E-state index contributed by atoms with van der Waals surface area (Å²) >= 11 is 0. The summed E-state index contributed by atoms with van der Waals surface area (Å²) in [5, 5.41) is 4.23. The van der Waals surface area contributed by atoms with E-state index in [1.165, 1.54) is 0 Å². The monoisotopic (exact) mass is 814 g/mol. The second kappa shape index (κ2) is 15.7. The zero-order valence-electron chi connectivity index (χ0n) is 34.7. The molecule has 0 atom stereocenters. The summed E-state index contributed by atoms with van der Waals surface area (Å²) in [6, 6.07) is 77.7. The fraction of sp³-hybridized carbons (Fsp3) is 0. The van der Waals surface area contributed by atoms with Gasteiger partial charge in [-0.3, -0.25) is 9.97 Å². The van der Waals surface area contributed by atoms with Crippen molar-refractivity contribution in [1.82, 2.24) is 19.9 Å². The molecular formula is C60H38N4. The summed E-state index contributed by atoms with van der Waals surface area (Å²) in [6.07, 6.45) is 3.72. The molecule has 12 rings (SSSR count). The molecule has 0 aliphatic carbocycles. The molecule has 298 valence electrons. The third kappa shape index (κ3) is 6.75. The summed E-state index contributed by atoms with van der Waals surface area (Å²) in [7, 11) is 0. The van der Waals surface area contributed by atoms with Crippen LogP contribution in [0, 0.1) is 0 Å². The summed E-state index contributed by atoms with van der Waals surface area (Å²) < 4.78 is 0. The van der Waals surface area contributed by atoms with Crippen LogP contribution in [0.1, 0.15) is 0 Å². The van der Waals surface area contributed by atoms with Gasteiger partial charge >= 0.3 is 0 Å². The van der Waals surface area contributed by atoms with Crippen LogP contribution >= 0.6 is 0 Å². The van der Waals surface area contributed by atoms with Crippen molar-refractivity contribution < 1.29 is 0 Å². The molecule has 0 aliphatic rings. The molecule has 0 amide bonds. The largest absolute Gasteiger partial charge is 0.254 e. The van der Waals surface area contributed by atoms with E-state index < -0.39 is 0 Å². The van der Waals surface area contributed by atoms with Crippen LogP contribution in [0.2, 0.25) is 0 Å². The molecule has 0 saturated heterocycles. The first-order valence-electron chi connectivity index (χ1n) is 21.6. The Morgan fingerprint density at radius 3 is 0.969 bits per heavy atom. The molecule has 0 bridgehead atoms. The molecule has 0 fully saturated rings. The predicted octanol–water partition coefficient (Wildman–Crippen LogP) is 15.5. The standard InChI is InChI=1S/C60H38N4/c1-5-15-39(16-6-1)45-31-47(35-49(33-45)53-37-55(41-19-9-3-10-20-41)63-59-51(53)27-25-43-23-13-29-61-57(43)59)48-32-46(40-17-7-2-8-18-40)34-50(36-48)54-38-56(42-21-11-4-12-22-42)64-60-52(54)28-26-44-24-14-30-62-58(44)60/h1-38H. The number of aromatic nitrogens is 4. The second-order valence-corrected chi connectivity index (χ2v) is 16.2. The number of pyridine rings is 4. The van der Waals surface area contributed by atoms with E-state index in [9.17, 15) is 0 Å². The van der Waals surface area contributed by atoms with Gasteiger partial charge in [0.2, 0.25) is 0 Å². The number of fused-ring (bicyclic) bond motifs is 6. The highest BCUT2D eigenvalue weighted by Gasteiger charge is 2.18. The van der Waals surface area contributed by atoms with E-state index >= 15 is 0 Å². The third-order valence-corrected chi connectivity index (χ3v) is 12.3. The van der Waals surface area contributed by atoms with Crippen LogP contribution < -0.4 is 0 Å². The number of rotatable bonds is 7. The molecule has 4 heterocycles. The highest BCUT2D eigenvalue weighted by molar-refractivity contribution is 6.11. The van der Waals surface area contributed by atoms with Gasteiger partial charge in [0.15, 0.2) is 0 Å². The molecule has 4 heteroatoms. The second-order valence-electron chi connectivity index (χ2n) is 16.2. The van der Waals surface area contributed by atoms with Crippen LogP contribution in [0.25, 0.3) is 122 Å². The summed E-state index contributed by atoms with van der Waals surface area (Å²) in [6.45, 7) is 0. The number of nitrogens with zero attached hydrogens (tertiary/aromatic N) is 4. The lowest BCUT2D eigenvalue weighted by Gasteiger charge is -2.17. The van der Waals surface area contributed by atoms with Gasteiger partial charge in [0, 0.05) is 45.1 Å². The molecule has 0 radical (unpaired) electrons. The highest BCUT2D eigenvalue weighted by Crippen LogP contribution is 2.42. The van der Waals surface area contributed by atoms with Gasteiger partial charge in [-0.1, -0.05) is 158 Å². The maximum Gasteiger partial charge on any atom is 0.0978 e. The zero-order chi connectivity index (χ0) is 42.4. The van der Waals surface area contributed by atoms with E-state index in [2.05, 4.69) is 194 Å². The Morgan fingerprint density at radius 1 is 0.234 bits per heavy atom. The van der Waals surface area contributed by atoms with Crippen molar-refractivity contribution in [1.29, 1.82) is 0 Å². The van der Waals surface area contributed by atoms with Crippen molar-refractivity contribution in [2.75, 3.05) is 0 Å². The minimum atomic E-state index is 0.885. The highest BCUT2D eigenvalue weighted by atomic mass is 14.8. The summed E-state index contributed by atoms with van der Waals surface area (Å²) in [5.41, 5.74) is 18.6. The third-order valence-electron chi connectivity index (χ3n) is 12.3. The molecule has 0 aliphatic heterocycles. The van der Waals surface area contributed by atoms with Crippen molar-refractivity contribution in [3.05, 3.63) is 231 Å². The Morgan fingerprint density at radius 2 is 0.578 bits per heavy atom. The number of benzene rings is 8. The molecule has 0 N–H and O–H groups in total. The minimum Gasteiger partial charge on any atom is -0.254 e. The van der Waals surface area contributed by atoms with Gasteiger partial charge in [-0.25, -0.2) is 9.97 Å². The van der Waals surface area contributed by atoms with Crippen LogP contribution in [-0.2, 0) is 0 Å². The maximum atomic E-state index is 5.31. The first kappa shape index (κ1) is 37.2. The van der Waals surface area contributed by atoms with E-state index in [1.807, 2.05) is 36.7 Å². The van der Waals surface area contributed by atoms with Crippen molar-refractivity contribution in [3.8, 4) is 78.1 Å². The van der Waals surface area contributed by atoms with Crippen molar-refractivity contribution in [3.63, 3.8) is 0 Å². The molecular weight excluding hydrogens is 777 g/mol. The molecule has 12 aromatic rings. The average molecular weight is 815 g/mol. The Bertz CT molecular complexity index is 3450. The van der Waals surface area contributed by atoms with Gasteiger partial charge in [-0.15, -0.1) is 0 Å². The van der Waals surface area contributed by atoms with E-state index in [0.29, 0.717) is 0 Å². The van der Waals surface area contributed by atoms with Crippen LogP contribution in [-0.4, -0.2) is 19.9 Å². The normalized spacial score (nSPS) is 11.4. The fourth-order valence-electron chi connectivity index (χ4n) is 9.14. The van der Waals surface area contributed by atoms with Gasteiger partial charge < -0.3 is 0 Å². The van der Waals surface area contributed by atoms with E-state index in [1.54, 1.807) is 0 Å². The predicted molar refractivity (Wildman–Crippen MR) is 266 cm³/mol. The first-order chi connectivity index (χ1) is 31.7. The van der Waals surface area contributed by atoms with E-state index in [-0.39, 0.29) is 0 Å². The molecule has 0 unspecified atom stereocenters. The first-order valence-corrected chi connectivity index (χ1v) is 21.6. The van der Waals surface area contributed by atoms with Crippen LogP contribution in [0.3, 0.4) is 0 Å². The van der Waals surface area contributed by atoms with Gasteiger partial charge in [0.25, 0.3) is 0 Å². The molecule has 64 heavy (non-hydrogen) atoms. The summed E-state index contributed by atoms with van der Waals surface area (Å²) in [5.74, 6) is 0. The van der Waals surface area contributed by atoms with Crippen molar-refractivity contribution >= 4 is 43.6 Å². The van der Waals surface area contributed by atoms with Gasteiger partial charge in [-0.05, 0) is 116 Å². The minimum absolute atomic E-state index is 0.885. The molecule has 4 aromatic heterocycles. The number of hydrogen-bond donors (Lipinski definition) is 0. The van der Waals surface area contributed by atoms with E-state index in [0.717, 1.165) is 122 Å². The smallest absolute Gasteiger partial charge is 0.0978 e. The Kier molecular flexibility index (Phi) is 9.12. The SMILES string of the molecule is c1ccc(-c2cc(-c3cc(-c4ccccc4)cc(-c4cc(-c5ccccc5)nc5c4ccc4cccnc45)c3)cc(-c3cc(-c4ccccc4)nc4c3ccc3cccnc34)c2)cc1. The lowest BCUT2D eigenvalue weighted by atomic mass is 9.88. The molecule has 0 spiro atoms. The van der Waals surface area contributed by atoms with E-state index in [4.69, 9.17) is 19.9 Å². The Hall–Kier alpha value is -8.60. The van der Waals surface area contributed by atoms with Crippen molar-refractivity contribution in [2.24, 2.45) is 0 Å². The fourth-order valence-corrected chi connectivity index (χ4v) is 9.14.